The summed E-state index contributed by atoms with van der Waals surface area (Å²) in [4.78, 5) is 88.3. The van der Waals surface area contributed by atoms with E-state index >= 15 is 0 Å². The molecule has 0 saturated carbocycles. The molecule has 18 atom stereocenters. The van der Waals surface area contributed by atoms with Crippen molar-refractivity contribution in [1.82, 2.24) is 30.2 Å². The van der Waals surface area contributed by atoms with Crippen LogP contribution in [0.3, 0.4) is 0 Å². The van der Waals surface area contributed by atoms with E-state index in [-0.39, 0.29) is 102 Å². The average molecular weight is 1260 g/mol. The third-order valence-electron chi connectivity index (χ3n) is 19.1. The van der Waals surface area contributed by atoms with Crippen LogP contribution < -0.4 is 16.4 Å². The second-order valence-corrected chi connectivity index (χ2v) is 25.7. The number of nitrogens with two attached hydrogens (primary N) is 1. The van der Waals surface area contributed by atoms with E-state index in [0.717, 1.165) is 49.7 Å². The smallest absolute Gasteiger partial charge is 0.239 e. The number of ether oxygens (including phenoxy) is 4. The maximum Gasteiger partial charge on any atom is 0.239 e. The van der Waals surface area contributed by atoms with Gasteiger partial charge in [-0.05, 0) is 80.8 Å². The van der Waals surface area contributed by atoms with Gasteiger partial charge in [0, 0.05) is 68.5 Å². The number of methoxy groups -OCH3 is 4. The molecule has 0 radical (unpaired) electrons. The fraction of sp³-hybridized carbons (Fsp3) is 0.729. The van der Waals surface area contributed by atoms with Gasteiger partial charge in [-0.25, -0.2) is 0 Å². The van der Waals surface area contributed by atoms with Gasteiger partial charge in [0.1, 0.15) is 0 Å². The Morgan fingerprint density at radius 3 is 1.22 bits per heavy atom. The van der Waals surface area contributed by atoms with Gasteiger partial charge in [0.25, 0.3) is 0 Å². The van der Waals surface area contributed by atoms with Crippen LogP contribution in [0.15, 0.2) is 60.7 Å². The zero-order valence-electron chi connectivity index (χ0n) is 58.4. The molecule has 6 amide bonds. The third kappa shape index (κ3) is 22.4. The number of aliphatic hydroxyl groups is 2. The Balaban J connectivity index is 0.000000588. The van der Waals surface area contributed by atoms with Gasteiger partial charge in [-0.3, -0.25) is 28.8 Å². The van der Waals surface area contributed by atoms with Gasteiger partial charge in [-0.15, -0.1) is 0 Å². The fourth-order valence-corrected chi connectivity index (χ4v) is 13.1. The molecule has 0 bridgehead atoms. The Labute approximate surface area is 541 Å². The van der Waals surface area contributed by atoms with E-state index in [1.54, 1.807) is 67.2 Å². The highest BCUT2D eigenvalue weighted by Crippen LogP contribution is 2.33. The predicted octanol–water partition coefficient (Wildman–Crippen LogP) is 8.49. The van der Waals surface area contributed by atoms with Crippen molar-refractivity contribution < 1.29 is 57.9 Å². The minimum Gasteiger partial charge on any atom is -0.386 e. The van der Waals surface area contributed by atoms with Gasteiger partial charge in [-0.1, -0.05) is 150 Å². The molecule has 0 aromatic heterocycles. The summed E-state index contributed by atoms with van der Waals surface area (Å²) < 4.78 is 23.6. The van der Waals surface area contributed by atoms with Crippen LogP contribution in [-0.2, 0) is 47.7 Å². The van der Waals surface area contributed by atoms with E-state index in [9.17, 15) is 39.0 Å². The van der Waals surface area contributed by atoms with E-state index in [2.05, 4.69) is 52.2 Å². The first kappa shape index (κ1) is 80.6. The normalized spacial score (nSPS) is 20.2. The van der Waals surface area contributed by atoms with Gasteiger partial charge in [0.2, 0.25) is 35.4 Å². The molecule has 2 heterocycles. The molecule has 0 spiro atoms. The molecule has 20 nitrogen and oxygen atoms in total. The van der Waals surface area contributed by atoms with Crippen LogP contribution >= 0.6 is 0 Å². The minimum atomic E-state index is -0.854. The molecule has 2 saturated heterocycles. The Morgan fingerprint density at radius 2 is 0.933 bits per heavy atom. The van der Waals surface area contributed by atoms with Crippen molar-refractivity contribution in [1.29, 1.82) is 5.26 Å². The molecule has 2 aliphatic heterocycles. The van der Waals surface area contributed by atoms with Crippen LogP contribution in [0.4, 0.5) is 0 Å². The van der Waals surface area contributed by atoms with Crippen molar-refractivity contribution >= 4 is 35.4 Å². The maximum absolute atomic E-state index is 13.9. The zero-order valence-corrected chi connectivity index (χ0v) is 58.4. The number of likely N-dealkylation sites (tertiary alicyclic amines) is 2. The number of aliphatic hydroxyl groups excluding tert-OH is 2. The van der Waals surface area contributed by atoms with Crippen LogP contribution in [-0.4, -0.2) is 188 Å². The summed E-state index contributed by atoms with van der Waals surface area (Å²) in [6, 6.07) is 17.4. The number of rotatable bonds is 33. The highest BCUT2D eigenvalue weighted by Gasteiger charge is 2.45. The number of carbonyl (C=O) groups excluding carboxylic acids is 6. The lowest BCUT2D eigenvalue weighted by atomic mass is 9.87. The molecule has 6 N–H and O–H groups in total. The number of nitriles is 1. The lowest BCUT2D eigenvalue weighted by Gasteiger charge is -2.40. The van der Waals surface area contributed by atoms with Crippen molar-refractivity contribution in [3.8, 4) is 6.07 Å². The van der Waals surface area contributed by atoms with Crippen LogP contribution in [0.5, 0.6) is 0 Å². The third-order valence-corrected chi connectivity index (χ3v) is 19.1. The molecule has 90 heavy (non-hydrogen) atoms. The van der Waals surface area contributed by atoms with Gasteiger partial charge in [0.15, 0.2) is 0 Å². The quantitative estimate of drug-likeness (QED) is 0.0449. The van der Waals surface area contributed by atoms with Crippen LogP contribution in [0.25, 0.3) is 0 Å². The molecule has 4 rings (SSSR count). The van der Waals surface area contributed by atoms with E-state index in [1.807, 2.05) is 110 Å². The number of nitrogens with one attached hydrogen (secondary N) is 2. The number of hydrogen-bond acceptors (Lipinski definition) is 14. The number of likely N-dealkylation sites (N-methyl/N-ethyl adjacent to an activating group) is 2. The van der Waals surface area contributed by atoms with Gasteiger partial charge in [-0.2, -0.15) is 5.26 Å². The van der Waals surface area contributed by atoms with Gasteiger partial charge < -0.3 is 65.1 Å². The lowest BCUT2D eigenvalue weighted by molar-refractivity contribution is -0.148. The van der Waals surface area contributed by atoms with Crippen LogP contribution in [0, 0.1) is 52.8 Å². The topological polar surface area (TPSA) is 267 Å². The second-order valence-electron chi connectivity index (χ2n) is 25.7. The maximum atomic E-state index is 13.9. The monoisotopic (exact) mass is 1260 g/mol. The second kappa shape index (κ2) is 40.4. The molecule has 0 aliphatic carbocycles. The first-order chi connectivity index (χ1) is 42.5. The van der Waals surface area contributed by atoms with E-state index in [4.69, 9.17) is 29.9 Å². The van der Waals surface area contributed by atoms with E-state index in [1.165, 1.54) is 6.92 Å². The number of benzene rings is 2. The van der Waals surface area contributed by atoms with Crippen molar-refractivity contribution in [3.63, 3.8) is 0 Å². The minimum absolute atomic E-state index is 0.0183. The Hall–Kier alpha value is -5.53. The summed E-state index contributed by atoms with van der Waals surface area (Å²) in [6.45, 7) is 28.0. The summed E-state index contributed by atoms with van der Waals surface area (Å²) in [5.74, 6) is -1.53. The summed E-state index contributed by atoms with van der Waals surface area (Å²) in [7, 11) is 9.91. The summed E-state index contributed by atoms with van der Waals surface area (Å²) >= 11 is 0. The molecule has 2 aliphatic rings. The molecule has 2 fully saturated rings. The highest BCUT2D eigenvalue weighted by molar-refractivity contribution is 5.83. The lowest BCUT2D eigenvalue weighted by Crippen LogP contribution is -2.56. The number of carbonyl (C=O) groups is 6. The Bertz CT molecular complexity index is 2490. The Morgan fingerprint density at radius 1 is 0.589 bits per heavy atom. The molecule has 20 heteroatoms. The Kier molecular flexibility index (Phi) is 36.2. The van der Waals surface area contributed by atoms with E-state index in [0.29, 0.717) is 19.5 Å². The fourth-order valence-electron chi connectivity index (χ4n) is 13.1. The largest absolute Gasteiger partial charge is 0.386 e. The SMILES string of the molecule is CC#N.CC[C@H](C(=O)N(C)[C@@H]([C@@H](C)CC)[C@@H](CC(=O)N1CCC[C@H]1[C@H](OC)[C@@H](C)C(=O)N[C@H](C)[C@@H](O)c1ccccc1)OC)C(C)C.CC[C@H](C)[C@@H]([C@@H](CC(=O)N1CCC[C@H]1[C@H](OC)[C@@H](C)C(=O)N[C@H](C)[C@@H](O)c1ccccc1)OC)N(C)C(=O)[C@@H](N)C(C)C. The summed E-state index contributed by atoms with van der Waals surface area (Å²) in [5.41, 5.74) is 7.66. The van der Waals surface area contributed by atoms with Crippen molar-refractivity contribution in [2.75, 3.05) is 55.6 Å². The molecule has 0 unspecified atom stereocenters. The van der Waals surface area contributed by atoms with Crippen LogP contribution in [0.1, 0.15) is 178 Å². The van der Waals surface area contributed by atoms with Crippen molar-refractivity contribution in [2.24, 2.45) is 47.2 Å². The van der Waals surface area contributed by atoms with Crippen molar-refractivity contribution in [2.45, 2.75) is 234 Å². The van der Waals surface area contributed by atoms with Gasteiger partial charge >= 0.3 is 0 Å². The predicted molar refractivity (Wildman–Crippen MR) is 353 cm³/mol. The first-order valence-corrected chi connectivity index (χ1v) is 32.9. The summed E-state index contributed by atoms with van der Waals surface area (Å²) in [5, 5.41) is 34.7. The molecular formula is C70H118N8O12. The van der Waals surface area contributed by atoms with Crippen LogP contribution in [0.2, 0.25) is 0 Å². The average Bonchev–Trinajstić information content (AvgIpc) is 1.58. The molecule has 2 aromatic carbocycles. The van der Waals surface area contributed by atoms with Crippen molar-refractivity contribution in [3.05, 3.63) is 71.8 Å². The molecular weight excluding hydrogens is 1140 g/mol. The zero-order chi connectivity index (χ0) is 68.3. The standard InChI is InChI=1S/C35H59N3O6.C33H56N4O6.C2H3N/c1-11-23(5)31(37(8)35(42)27(12-2)22(3)4)29(43-9)21-30(39)38-20-16-19-28(38)33(44-10)24(6)34(41)36-25(7)32(40)26-17-14-13-15-18-26;1-10-21(4)29(36(7)33(41)28(34)20(2)3)26(42-8)19-27(38)37-18-14-17-25(37)31(43-9)22(5)32(40)35-23(6)30(39)24-15-12-11-13-16-24;1-2-3/h13-15,17-18,22-25,27-29,31-33,40H,11-12,16,19-21H2,1-10H3,(H,36,41);11-13,15-16,20-23,25-26,28-31,39H,10,14,17-19,34H2,1-9H3,(H,35,40);1H3/t23-,24+,25+,27-,28-,29+,31-,32+,33+;21-,22+,23+,25-,26+,28-,29-,30+,31+;/m00./s1. The van der Waals surface area contributed by atoms with Gasteiger partial charge in [0.05, 0.1) is 110 Å². The van der Waals surface area contributed by atoms with E-state index < -0.39 is 66.6 Å². The molecule has 2 aromatic rings. The molecule has 510 valence electrons. The number of nitrogens with zero attached hydrogens (tertiary/aromatic N) is 5. The highest BCUT2D eigenvalue weighted by atomic mass is 16.5. The summed E-state index contributed by atoms with van der Waals surface area (Å²) in [6.07, 6.45) is 1.91. The number of hydrogen-bond donors (Lipinski definition) is 5. The number of amides is 6. The first-order valence-electron chi connectivity index (χ1n) is 32.9.